The highest BCUT2D eigenvalue weighted by molar-refractivity contribution is 6.34. The first-order valence-electron chi connectivity index (χ1n) is 4.96. The van der Waals surface area contributed by atoms with Crippen LogP contribution in [-0.4, -0.2) is 50.1 Å². The van der Waals surface area contributed by atoms with Gasteiger partial charge >= 0.3 is 7.32 Å². The summed E-state index contributed by atoms with van der Waals surface area (Å²) in [6.45, 7) is 6.15. The molecule has 0 radical (unpaired) electrons. The van der Waals surface area contributed by atoms with Gasteiger partial charge in [-0.25, -0.2) is 0 Å². The van der Waals surface area contributed by atoms with Crippen molar-refractivity contribution in [1.29, 1.82) is 0 Å². The molecule has 0 aromatic heterocycles. The van der Waals surface area contributed by atoms with Gasteiger partial charge in [0, 0.05) is 26.3 Å². The number of unbranched alkanes of at least 4 members (excludes halogenated alkanes) is 1. The van der Waals surface area contributed by atoms with E-state index >= 15 is 0 Å². The van der Waals surface area contributed by atoms with Gasteiger partial charge in [0.25, 0.3) is 0 Å². The molecule has 0 atom stereocenters. The molecular weight excluding hydrogens is 169 g/mol. The van der Waals surface area contributed by atoms with Gasteiger partial charge in [-0.05, 0) is 13.0 Å². The van der Waals surface area contributed by atoms with Gasteiger partial charge in [-0.2, -0.15) is 0 Å². The van der Waals surface area contributed by atoms with E-state index in [9.17, 15) is 0 Å². The maximum Gasteiger partial charge on any atom is 0.636 e. The van der Waals surface area contributed by atoms with E-state index in [1.807, 2.05) is 0 Å². The van der Waals surface area contributed by atoms with E-state index in [1.54, 1.807) is 0 Å². The molecule has 4 nitrogen and oxygen atoms in total. The summed E-state index contributed by atoms with van der Waals surface area (Å²) in [5, 5.41) is 9.01. The molecule has 1 fully saturated rings. The molecule has 1 rings (SSSR count). The van der Waals surface area contributed by atoms with Crippen LogP contribution in [0.5, 0.6) is 0 Å². The fraction of sp³-hybridized carbons (Fsp3) is 1.00. The van der Waals surface area contributed by atoms with Crippen LogP contribution >= 0.6 is 0 Å². The molecule has 1 aliphatic heterocycles. The van der Waals surface area contributed by atoms with Crippen LogP contribution in [0.2, 0.25) is 0 Å². The molecule has 0 unspecified atom stereocenters. The standard InChI is InChI=1S/C8H18BNO3/c1-2-3-4-10-5-7-12-9(11)13-8-6-10/h11H,2-8H2,1H3. The first-order chi connectivity index (χ1) is 6.33. The van der Waals surface area contributed by atoms with E-state index in [-0.39, 0.29) is 0 Å². The molecule has 5 heteroatoms. The Labute approximate surface area is 80.0 Å². The second kappa shape index (κ2) is 6.37. The van der Waals surface area contributed by atoms with Gasteiger partial charge in [-0.1, -0.05) is 13.3 Å². The Morgan fingerprint density at radius 2 is 1.92 bits per heavy atom. The molecule has 1 N–H and O–H groups in total. The minimum atomic E-state index is -1.02. The number of hydrogen-bond acceptors (Lipinski definition) is 4. The Bertz CT molecular complexity index is 127. The Hall–Kier alpha value is -0.0951. The first-order valence-corrected chi connectivity index (χ1v) is 4.96. The van der Waals surface area contributed by atoms with Crippen molar-refractivity contribution in [1.82, 2.24) is 4.90 Å². The van der Waals surface area contributed by atoms with Crippen LogP contribution in [-0.2, 0) is 9.31 Å². The SMILES string of the molecule is CCCCN1CCOB(O)OCC1. The maximum atomic E-state index is 9.01. The Morgan fingerprint density at radius 3 is 2.46 bits per heavy atom. The van der Waals surface area contributed by atoms with Crippen molar-refractivity contribution >= 4 is 7.32 Å². The van der Waals surface area contributed by atoms with Crippen LogP contribution in [0.1, 0.15) is 19.8 Å². The van der Waals surface area contributed by atoms with Crippen LogP contribution in [0.4, 0.5) is 0 Å². The van der Waals surface area contributed by atoms with Gasteiger partial charge in [0.15, 0.2) is 0 Å². The molecule has 0 aliphatic carbocycles. The third-order valence-electron chi connectivity index (χ3n) is 2.16. The Morgan fingerprint density at radius 1 is 1.31 bits per heavy atom. The van der Waals surface area contributed by atoms with Gasteiger partial charge in [0.05, 0.1) is 0 Å². The first kappa shape index (κ1) is 11.0. The zero-order valence-electron chi connectivity index (χ0n) is 8.24. The van der Waals surface area contributed by atoms with E-state index in [0.717, 1.165) is 19.6 Å². The lowest BCUT2D eigenvalue weighted by atomic mass is 10.2. The molecule has 0 spiro atoms. The Kier molecular flexibility index (Phi) is 5.38. The summed E-state index contributed by atoms with van der Waals surface area (Å²) in [5.41, 5.74) is 0. The fourth-order valence-corrected chi connectivity index (χ4v) is 1.33. The lowest BCUT2D eigenvalue weighted by Crippen LogP contribution is -2.39. The minimum Gasteiger partial charge on any atom is -0.402 e. The summed E-state index contributed by atoms with van der Waals surface area (Å²) in [4.78, 5) is 2.30. The summed E-state index contributed by atoms with van der Waals surface area (Å²) < 4.78 is 9.97. The van der Waals surface area contributed by atoms with Gasteiger partial charge in [-0.3, -0.25) is 4.90 Å². The number of nitrogens with zero attached hydrogens (tertiary/aromatic N) is 1. The van der Waals surface area contributed by atoms with E-state index < -0.39 is 7.32 Å². The van der Waals surface area contributed by atoms with Gasteiger partial charge in [0.1, 0.15) is 0 Å². The molecule has 76 valence electrons. The highest BCUT2D eigenvalue weighted by Crippen LogP contribution is 1.99. The third-order valence-corrected chi connectivity index (χ3v) is 2.16. The molecule has 0 aromatic rings. The van der Waals surface area contributed by atoms with Crippen LogP contribution in [0.25, 0.3) is 0 Å². The van der Waals surface area contributed by atoms with Crippen LogP contribution in [0.15, 0.2) is 0 Å². The summed E-state index contributed by atoms with van der Waals surface area (Å²) in [7, 11) is -1.02. The average molecular weight is 187 g/mol. The topological polar surface area (TPSA) is 41.9 Å². The molecule has 0 aromatic carbocycles. The van der Waals surface area contributed by atoms with Crippen LogP contribution < -0.4 is 0 Å². The number of hydrogen-bond donors (Lipinski definition) is 1. The average Bonchev–Trinajstić information content (AvgIpc) is 2.09. The lowest BCUT2D eigenvalue weighted by Gasteiger charge is -2.25. The second-order valence-corrected chi connectivity index (χ2v) is 3.24. The predicted molar refractivity (Wildman–Crippen MR) is 51.2 cm³/mol. The van der Waals surface area contributed by atoms with Gasteiger partial charge in [-0.15, -0.1) is 0 Å². The monoisotopic (exact) mass is 187 g/mol. The van der Waals surface area contributed by atoms with Crippen LogP contribution in [0.3, 0.4) is 0 Å². The highest BCUT2D eigenvalue weighted by Gasteiger charge is 2.19. The minimum absolute atomic E-state index is 0.547. The predicted octanol–water partition coefficient (Wildman–Crippen LogP) is 0.113. The van der Waals surface area contributed by atoms with Crippen molar-refractivity contribution in [3.8, 4) is 0 Å². The second-order valence-electron chi connectivity index (χ2n) is 3.24. The fourth-order valence-electron chi connectivity index (χ4n) is 1.33. The summed E-state index contributed by atoms with van der Waals surface area (Å²) in [6.07, 6.45) is 2.42. The normalized spacial score (nSPS) is 21.2. The van der Waals surface area contributed by atoms with Gasteiger partial charge in [0.2, 0.25) is 0 Å². The van der Waals surface area contributed by atoms with E-state index in [1.165, 1.54) is 12.8 Å². The van der Waals surface area contributed by atoms with E-state index in [4.69, 9.17) is 14.3 Å². The maximum absolute atomic E-state index is 9.01. The molecule has 0 saturated carbocycles. The van der Waals surface area contributed by atoms with Crippen molar-refractivity contribution in [2.45, 2.75) is 19.8 Å². The summed E-state index contributed by atoms with van der Waals surface area (Å²) >= 11 is 0. The number of rotatable bonds is 3. The van der Waals surface area contributed by atoms with Crippen molar-refractivity contribution in [3.05, 3.63) is 0 Å². The van der Waals surface area contributed by atoms with Crippen molar-refractivity contribution in [2.75, 3.05) is 32.8 Å². The summed E-state index contributed by atoms with van der Waals surface area (Å²) in [5.74, 6) is 0. The van der Waals surface area contributed by atoms with Crippen molar-refractivity contribution in [3.63, 3.8) is 0 Å². The lowest BCUT2D eigenvalue weighted by molar-refractivity contribution is 0.0737. The highest BCUT2D eigenvalue weighted by atomic mass is 16.7. The van der Waals surface area contributed by atoms with Crippen molar-refractivity contribution < 1.29 is 14.3 Å². The Balaban J connectivity index is 2.16. The smallest absolute Gasteiger partial charge is 0.402 e. The largest absolute Gasteiger partial charge is 0.636 e. The molecule has 1 heterocycles. The molecule has 0 bridgehead atoms. The van der Waals surface area contributed by atoms with Gasteiger partial charge < -0.3 is 14.3 Å². The summed E-state index contributed by atoms with van der Waals surface area (Å²) in [6, 6.07) is 0. The quantitative estimate of drug-likeness (QED) is 0.637. The van der Waals surface area contributed by atoms with E-state index in [0.29, 0.717) is 13.2 Å². The molecular formula is C8H18BNO3. The molecule has 1 saturated heterocycles. The molecule has 1 aliphatic rings. The van der Waals surface area contributed by atoms with Crippen LogP contribution in [0, 0.1) is 0 Å². The zero-order chi connectivity index (χ0) is 9.52. The zero-order valence-corrected chi connectivity index (χ0v) is 8.24. The van der Waals surface area contributed by atoms with E-state index in [2.05, 4.69) is 11.8 Å². The molecule has 13 heavy (non-hydrogen) atoms. The third kappa shape index (κ3) is 4.62. The van der Waals surface area contributed by atoms with Crippen molar-refractivity contribution in [2.24, 2.45) is 0 Å². The molecule has 0 amide bonds.